The molecular weight excluding hydrogens is 472 g/mol. The second-order valence-corrected chi connectivity index (χ2v) is 11.1. The molecule has 0 aliphatic rings. The Bertz CT molecular complexity index is 332. The van der Waals surface area contributed by atoms with Gasteiger partial charge in [0, 0.05) is 0 Å². The lowest BCUT2D eigenvalue weighted by Crippen LogP contribution is -2.84. The Labute approximate surface area is 239 Å². The minimum Gasteiger partial charge on any atom is -0.652 e. The van der Waals surface area contributed by atoms with Crippen molar-refractivity contribution in [2.45, 2.75) is 182 Å². The van der Waals surface area contributed by atoms with Crippen molar-refractivity contribution in [1.29, 1.82) is 0 Å². The molecule has 0 fully saturated rings. The van der Waals surface area contributed by atoms with Gasteiger partial charge >= 0.3 is 0 Å². The molecule has 0 atom stereocenters. The van der Waals surface area contributed by atoms with Crippen LogP contribution in [-0.2, 0) is 0 Å². The number of quaternary nitrogens is 2. The zero-order chi connectivity index (χ0) is 28.8. The van der Waals surface area contributed by atoms with E-state index in [1.807, 2.05) is 0 Å². The van der Waals surface area contributed by atoms with Gasteiger partial charge in [-0.2, -0.15) is 0 Å². The Morgan fingerprint density at radius 2 is 0.526 bits per heavy atom. The van der Waals surface area contributed by atoms with Gasteiger partial charge in [-0.25, -0.2) is 0 Å². The molecule has 38 heavy (non-hydrogen) atoms. The van der Waals surface area contributed by atoms with Gasteiger partial charge < -0.3 is 25.6 Å². The van der Waals surface area contributed by atoms with E-state index in [1.54, 1.807) is 0 Å². The molecule has 5 nitrogen and oxygen atoms in total. The molecule has 0 saturated carbocycles. The van der Waals surface area contributed by atoms with Gasteiger partial charge in [-0.05, 0) is 57.5 Å². The second-order valence-electron chi connectivity index (χ2n) is 11.1. The van der Waals surface area contributed by atoms with E-state index in [1.165, 1.54) is 180 Å². The van der Waals surface area contributed by atoms with E-state index in [0.29, 0.717) is 0 Å². The number of hydrogen-bond donors (Lipinski definition) is 2. The van der Waals surface area contributed by atoms with Crippen molar-refractivity contribution in [3.63, 3.8) is 0 Å². The Kier molecular flexibility index (Phi) is 47.4. The van der Waals surface area contributed by atoms with Crippen LogP contribution in [0.4, 0.5) is 4.79 Å². The van der Waals surface area contributed by atoms with Crippen LogP contribution in [0.2, 0.25) is 0 Å². The highest BCUT2D eigenvalue weighted by Crippen LogP contribution is 2.06. The molecule has 0 amide bonds. The van der Waals surface area contributed by atoms with Crippen molar-refractivity contribution >= 4 is 6.16 Å². The number of carbonyl (C=O) groups excluding carboxylic acids is 1. The predicted molar refractivity (Wildman–Crippen MR) is 162 cm³/mol. The maximum Gasteiger partial charge on any atom is 0.0755 e. The van der Waals surface area contributed by atoms with Crippen LogP contribution in [0.15, 0.2) is 0 Å². The lowest BCUT2D eigenvalue weighted by atomic mass is 10.1. The van der Waals surface area contributed by atoms with Gasteiger partial charge in [0.2, 0.25) is 0 Å². The molecule has 0 aromatic rings. The van der Waals surface area contributed by atoms with Crippen LogP contribution in [0.25, 0.3) is 0 Å². The van der Waals surface area contributed by atoms with E-state index in [9.17, 15) is 0 Å². The molecule has 4 N–H and O–H groups in total. The number of hydrogen-bond acceptors (Lipinski definition) is 3. The fourth-order valence-electron chi connectivity index (χ4n) is 4.56. The third-order valence-electron chi connectivity index (χ3n) is 7.05. The number of carboxylic acid groups (broad SMARTS) is 2. The molecule has 0 aliphatic carbocycles. The molecule has 232 valence electrons. The predicted octanol–water partition coefficient (Wildman–Crippen LogP) is 6.09. The quantitative estimate of drug-likeness (QED) is 0.117. The van der Waals surface area contributed by atoms with Crippen LogP contribution in [0.5, 0.6) is 0 Å². The zero-order valence-corrected chi connectivity index (χ0v) is 26.7. The van der Waals surface area contributed by atoms with Crippen molar-refractivity contribution in [1.82, 2.24) is 0 Å². The number of carbonyl (C=O) groups is 1. The SMILES string of the molecule is CCCCCCCC[NH2+]CCCCCCCC.CCCCCCCC[NH2+]CCCCCCCC.O=C([O-])[O-]. The van der Waals surface area contributed by atoms with E-state index < -0.39 is 6.16 Å². The highest BCUT2D eigenvalue weighted by Gasteiger charge is 1.95. The third-order valence-corrected chi connectivity index (χ3v) is 7.05. The highest BCUT2D eigenvalue weighted by molar-refractivity contribution is 5.47. The van der Waals surface area contributed by atoms with E-state index in [4.69, 9.17) is 15.0 Å². The lowest BCUT2D eigenvalue weighted by molar-refractivity contribution is -0.655. The summed E-state index contributed by atoms with van der Waals surface area (Å²) in [6.07, 6.45) is 32.0. The Morgan fingerprint density at radius 1 is 0.368 bits per heavy atom. The van der Waals surface area contributed by atoms with E-state index in [-0.39, 0.29) is 0 Å². The first kappa shape index (κ1) is 41.7. The molecule has 0 unspecified atom stereocenters. The second kappa shape index (κ2) is 43.2. The largest absolute Gasteiger partial charge is 0.652 e. The summed E-state index contributed by atoms with van der Waals surface area (Å²) in [6.45, 7) is 14.6. The maximum atomic E-state index is 8.33. The Hall–Kier alpha value is -0.810. The average Bonchev–Trinajstić information content (AvgIpc) is 2.89. The molecule has 0 spiro atoms. The minimum atomic E-state index is -2.33. The normalized spacial score (nSPS) is 10.4. The molecule has 0 heterocycles. The Balaban J connectivity index is -0.000000564. The molecule has 0 saturated heterocycles. The van der Waals surface area contributed by atoms with E-state index in [2.05, 4.69) is 38.3 Å². The van der Waals surface area contributed by atoms with Gasteiger partial charge in [0.25, 0.3) is 0 Å². The summed E-state index contributed by atoms with van der Waals surface area (Å²) in [5, 5.41) is 21.7. The molecule has 0 rings (SSSR count). The number of nitrogens with two attached hydrogens (primary N) is 2. The third kappa shape index (κ3) is 55.6. The summed E-state index contributed by atoms with van der Waals surface area (Å²) < 4.78 is 0. The van der Waals surface area contributed by atoms with Gasteiger partial charge in [0.1, 0.15) is 0 Å². The van der Waals surface area contributed by atoms with Crippen LogP contribution >= 0.6 is 0 Å². The fraction of sp³-hybridized carbons (Fsp3) is 0.970. The molecule has 0 bridgehead atoms. The molecule has 5 heteroatoms. The number of unbranched alkanes of at least 4 members (excludes halogenated alkanes) is 20. The van der Waals surface area contributed by atoms with Crippen molar-refractivity contribution in [2.24, 2.45) is 0 Å². The molecule has 0 radical (unpaired) electrons. The average molecular weight is 545 g/mol. The van der Waals surface area contributed by atoms with E-state index in [0.717, 1.165) is 0 Å². The van der Waals surface area contributed by atoms with Gasteiger partial charge in [-0.15, -0.1) is 0 Å². The lowest BCUT2D eigenvalue weighted by Gasteiger charge is -2.02. The van der Waals surface area contributed by atoms with Crippen molar-refractivity contribution in [3.05, 3.63) is 0 Å². The van der Waals surface area contributed by atoms with Gasteiger partial charge in [-0.3, -0.25) is 0 Å². The van der Waals surface area contributed by atoms with Crippen LogP contribution < -0.4 is 20.8 Å². The van der Waals surface area contributed by atoms with Crippen LogP contribution in [0.1, 0.15) is 182 Å². The van der Waals surface area contributed by atoms with Crippen molar-refractivity contribution in [2.75, 3.05) is 26.2 Å². The molecule has 0 aromatic heterocycles. The smallest absolute Gasteiger partial charge is 0.0755 e. The number of rotatable bonds is 28. The summed E-state index contributed by atoms with van der Waals surface area (Å²) in [7, 11) is 0. The highest BCUT2D eigenvalue weighted by atomic mass is 16.6. The summed E-state index contributed by atoms with van der Waals surface area (Å²) >= 11 is 0. The zero-order valence-electron chi connectivity index (χ0n) is 26.7. The van der Waals surface area contributed by atoms with Crippen molar-refractivity contribution in [3.8, 4) is 0 Å². The maximum absolute atomic E-state index is 8.33. The summed E-state index contributed by atoms with van der Waals surface area (Å²) in [4.78, 5) is 8.33. The van der Waals surface area contributed by atoms with Crippen LogP contribution in [0, 0.1) is 0 Å². The minimum absolute atomic E-state index is 1.36. The Morgan fingerprint density at radius 3 is 0.711 bits per heavy atom. The van der Waals surface area contributed by atoms with Crippen molar-refractivity contribution < 1.29 is 25.6 Å². The topological polar surface area (TPSA) is 96.4 Å². The molecule has 0 aromatic carbocycles. The molecular formula is C33H72N2O3. The van der Waals surface area contributed by atoms with Gasteiger partial charge in [-0.1, -0.05) is 130 Å². The monoisotopic (exact) mass is 545 g/mol. The first-order valence-electron chi connectivity index (χ1n) is 17.1. The van der Waals surface area contributed by atoms with E-state index >= 15 is 0 Å². The van der Waals surface area contributed by atoms with Gasteiger partial charge in [0.15, 0.2) is 0 Å². The van der Waals surface area contributed by atoms with Gasteiger partial charge in [0.05, 0.1) is 26.2 Å². The summed E-state index contributed by atoms with van der Waals surface area (Å²) in [5.41, 5.74) is 0. The summed E-state index contributed by atoms with van der Waals surface area (Å²) in [6, 6.07) is 0. The molecule has 0 aliphatic heterocycles. The van der Waals surface area contributed by atoms with Crippen LogP contribution in [-0.4, -0.2) is 32.3 Å². The first-order chi connectivity index (χ1) is 18.6. The summed E-state index contributed by atoms with van der Waals surface area (Å²) in [5.74, 6) is 0. The standard InChI is InChI=1S/2C16H35N.CH2O3/c2*1-3-5-7-9-11-13-15-17-16-14-12-10-8-6-4-2;2-1(3)4/h2*17H,3-16H2,1-2H3;(H2,2,3,4). The van der Waals surface area contributed by atoms with Crippen LogP contribution in [0.3, 0.4) is 0 Å². The first-order valence-corrected chi connectivity index (χ1v) is 17.1. The fourth-order valence-corrected chi connectivity index (χ4v) is 4.56.